The summed E-state index contributed by atoms with van der Waals surface area (Å²) in [4.78, 5) is 4.10. The Balaban J connectivity index is 2.06. The number of likely N-dealkylation sites (tertiary alicyclic amines) is 1. The first kappa shape index (κ1) is 17.0. The molecule has 0 saturated carbocycles. The number of hydrogen-bond acceptors (Lipinski definition) is 5. The molecule has 1 aromatic rings. The Morgan fingerprint density at radius 1 is 1.45 bits per heavy atom. The van der Waals surface area contributed by atoms with Gasteiger partial charge in [-0.15, -0.1) is 11.3 Å². The van der Waals surface area contributed by atoms with Gasteiger partial charge in [-0.1, -0.05) is 13.8 Å². The second kappa shape index (κ2) is 7.24. The van der Waals surface area contributed by atoms with Gasteiger partial charge in [-0.05, 0) is 50.4 Å². The lowest BCUT2D eigenvalue weighted by Crippen LogP contribution is -2.32. The van der Waals surface area contributed by atoms with Gasteiger partial charge in [0.25, 0.3) is 0 Å². The SMILES string of the molecule is CC(C)C(C#N)(CCCN1CC[C@@H](N)C1)c1ccc(C#N)s1. The summed E-state index contributed by atoms with van der Waals surface area (Å²) in [6, 6.07) is 8.83. The largest absolute Gasteiger partial charge is 0.326 e. The number of nitriles is 2. The fourth-order valence-corrected chi connectivity index (χ4v) is 4.34. The maximum atomic E-state index is 9.86. The predicted octanol–water partition coefficient (Wildman–Crippen LogP) is 2.85. The fourth-order valence-electron chi connectivity index (χ4n) is 3.22. The molecule has 5 heteroatoms. The lowest BCUT2D eigenvalue weighted by molar-refractivity contribution is 0.293. The van der Waals surface area contributed by atoms with E-state index in [9.17, 15) is 5.26 Å². The van der Waals surface area contributed by atoms with Crippen molar-refractivity contribution in [2.45, 2.75) is 44.6 Å². The minimum atomic E-state index is -0.485. The van der Waals surface area contributed by atoms with Gasteiger partial charge in [-0.3, -0.25) is 0 Å². The van der Waals surface area contributed by atoms with Crippen molar-refractivity contribution in [2.24, 2.45) is 11.7 Å². The Kier molecular flexibility index (Phi) is 5.58. The number of hydrogen-bond donors (Lipinski definition) is 1. The van der Waals surface area contributed by atoms with Crippen LogP contribution in [0.25, 0.3) is 0 Å². The van der Waals surface area contributed by atoms with Crippen LogP contribution >= 0.6 is 11.3 Å². The highest BCUT2D eigenvalue weighted by Gasteiger charge is 2.37. The Morgan fingerprint density at radius 2 is 2.23 bits per heavy atom. The van der Waals surface area contributed by atoms with E-state index in [1.807, 2.05) is 12.1 Å². The Morgan fingerprint density at radius 3 is 2.73 bits per heavy atom. The molecule has 1 saturated heterocycles. The van der Waals surface area contributed by atoms with Gasteiger partial charge < -0.3 is 10.6 Å². The number of rotatable bonds is 6. The molecule has 0 bridgehead atoms. The summed E-state index contributed by atoms with van der Waals surface area (Å²) in [7, 11) is 0. The molecular formula is C17H24N4S. The highest BCUT2D eigenvalue weighted by atomic mass is 32.1. The summed E-state index contributed by atoms with van der Waals surface area (Å²) in [5.41, 5.74) is 5.46. The number of thiophene rings is 1. The fraction of sp³-hybridized carbons (Fsp3) is 0.647. The second-order valence-corrected chi connectivity index (χ2v) is 7.55. The molecular weight excluding hydrogens is 292 g/mol. The topological polar surface area (TPSA) is 76.8 Å². The monoisotopic (exact) mass is 316 g/mol. The second-order valence-electron chi connectivity index (χ2n) is 6.47. The molecule has 0 spiro atoms. The standard InChI is InChI=1S/C17H24N4S/c1-13(2)17(12-19,16-5-4-15(10-18)22-16)7-3-8-21-9-6-14(20)11-21/h4-5,13-14H,3,6-9,11,20H2,1-2H3/t14-,17?/m1/s1. The van der Waals surface area contributed by atoms with Crippen molar-refractivity contribution in [2.75, 3.05) is 19.6 Å². The molecule has 1 aromatic heterocycles. The molecule has 1 unspecified atom stereocenters. The minimum Gasteiger partial charge on any atom is -0.326 e. The molecule has 118 valence electrons. The maximum absolute atomic E-state index is 9.86. The molecule has 2 heterocycles. The molecule has 0 radical (unpaired) electrons. The molecule has 0 aliphatic carbocycles. The van der Waals surface area contributed by atoms with E-state index in [0.29, 0.717) is 10.9 Å². The highest BCUT2D eigenvalue weighted by molar-refractivity contribution is 7.12. The van der Waals surface area contributed by atoms with Crippen molar-refractivity contribution in [1.29, 1.82) is 10.5 Å². The van der Waals surface area contributed by atoms with Gasteiger partial charge in [0.15, 0.2) is 0 Å². The van der Waals surface area contributed by atoms with Crippen LogP contribution in [0.5, 0.6) is 0 Å². The first-order valence-electron chi connectivity index (χ1n) is 7.91. The van der Waals surface area contributed by atoms with Gasteiger partial charge >= 0.3 is 0 Å². The summed E-state index contributed by atoms with van der Waals surface area (Å²) in [6.45, 7) is 7.24. The Bertz CT molecular complexity index is 580. The van der Waals surface area contributed by atoms with Gasteiger partial charge in [-0.25, -0.2) is 0 Å². The van der Waals surface area contributed by atoms with Crippen molar-refractivity contribution >= 4 is 11.3 Å². The summed E-state index contributed by atoms with van der Waals surface area (Å²) in [6.07, 6.45) is 2.89. The van der Waals surface area contributed by atoms with Crippen molar-refractivity contribution in [1.82, 2.24) is 4.90 Å². The van der Waals surface area contributed by atoms with Crippen LogP contribution in [0.15, 0.2) is 12.1 Å². The summed E-state index contributed by atoms with van der Waals surface area (Å²) in [5.74, 6) is 0.225. The highest BCUT2D eigenvalue weighted by Crippen LogP contribution is 2.40. The zero-order valence-electron chi connectivity index (χ0n) is 13.4. The molecule has 1 fully saturated rings. The lowest BCUT2D eigenvalue weighted by atomic mass is 9.73. The summed E-state index contributed by atoms with van der Waals surface area (Å²) in [5, 5.41) is 18.9. The van der Waals surface area contributed by atoms with E-state index >= 15 is 0 Å². The molecule has 2 N–H and O–H groups in total. The zero-order chi connectivity index (χ0) is 16.2. The minimum absolute atomic E-state index is 0.225. The summed E-state index contributed by atoms with van der Waals surface area (Å²) >= 11 is 1.46. The first-order chi connectivity index (χ1) is 10.5. The van der Waals surface area contributed by atoms with Gasteiger partial charge in [0.2, 0.25) is 0 Å². The van der Waals surface area contributed by atoms with Crippen LogP contribution in [0.3, 0.4) is 0 Å². The third-order valence-electron chi connectivity index (χ3n) is 4.70. The van der Waals surface area contributed by atoms with Crippen LogP contribution in [-0.4, -0.2) is 30.6 Å². The normalized spacial score (nSPS) is 21.5. The molecule has 0 amide bonds. The Hall–Kier alpha value is -1.40. The van der Waals surface area contributed by atoms with Crippen molar-refractivity contribution in [3.05, 3.63) is 21.9 Å². The zero-order valence-corrected chi connectivity index (χ0v) is 14.2. The van der Waals surface area contributed by atoms with Gasteiger partial charge in [0.05, 0.1) is 11.5 Å². The molecule has 1 aliphatic rings. The van der Waals surface area contributed by atoms with E-state index in [1.165, 1.54) is 11.3 Å². The van der Waals surface area contributed by atoms with E-state index in [4.69, 9.17) is 11.0 Å². The summed E-state index contributed by atoms with van der Waals surface area (Å²) < 4.78 is 0. The van der Waals surface area contributed by atoms with Crippen LogP contribution < -0.4 is 5.73 Å². The quantitative estimate of drug-likeness (QED) is 0.875. The van der Waals surface area contributed by atoms with Crippen molar-refractivity contribution < 1.29 is 0 Å². The predicted molar refractivity (Wildman–Crippen MR) is 89.4 cm³/mol. The molecule has 2 atom stereocenters. The van der Waals surface area contributed by atoms with Gasteiger partial charge in [-0.2, -0.15) is 10.5 Å². The van der Waals surface area contributed by atoms with E-state index in [0.717, 1.165) is 43.8 Å². The molecule has 22 heavy (non-hydrogen) atoms. The third-order valence-corrected chi connectivity index (χ3v) is 5.86. The molecule has 1 aliphatic heterocycles. The Labute approximate surface area is 137 Å². The molecule has 0 aromatic carbocycles. The van der Waals surface area contributed by atoms with E-state index < -0.39 is 5.41 Å². The van der Waals surface area contributed by atoms with Crippen LogP contribution in [0.1, 0.15) is 42.9 Å². The third kappa shape index (κ3) is 3.50. The number of nitrogens with two attached hydrogens (primary N) is 1. The number of nitrogens with zero attached hydrogens (tertiary/aromatic N) is 3. The average molecular weight is 316 g/mol. The van der Waals surface area contributed by atoms with Crippen molar-refractivity contribution in [3.8, 4) is 12.1 Å². The first-order valence-corrected chi connectivity index (χ1v) is 8.73. The van der Waals surface area contributed by atoms with Gasteiger partial charge in [0.1, 0.15) is 10.9 Å². The molecule has 4 nitrogen and oxygen atoms in total. The van der Waals surface area contributed by atoms with E-state index in [1.54, 1.807) is 0 Å². The van der Waals surface area contributed by atoms with E-state index in [-0.39, 0.29) is 5.92 Å². The lowest BCUT2D eigenvalue weighted by Gasteiger charge is -2.30. The van der Waals surface area contributed by atoms with Crippen LogP contribution in [0, 0.1) is 28.6 Å². The van der Waals surface area contributed by atoms with Crippen LogP contribution in [0.4, 0.5) is 0 Å². The van der Waals surface area contributed by atoms with E-state index in [2.05, 4.69) is 30.9 Å². The van der Waals surface area contributed by atoms with Crippen LogP contribution in [-0.2, 0) is 5.41 Å². The smallest absolute Gasteiger partial charge is 0.110 e. The molecule has 2 rings (SSSR count). The maximum Gasteiger partial charge on any atom is 0.110 e. The van der Waals surface area contributed by atoms with Crippen molar-refractivity contribution in [3.63, 3.8) is 0 Å². The average Bonchev–Trinajstić information content (AvgIpc) is 3.12. The van der Waals surface area contributed by atoms with Crippen LogP contribution in [0.2, 0.25) is 0 Å². The van der Waals surface area contributed by atoms with Gasteiger partial charge in [0, 0.05) is 17.5 Å².